The summed E-state index contributed by atoms with van der Waals surface area (Å²) in [4.78, 5) is 4.48. The van der Waals surface area contributed by atoms with Crippen molar-refractivity contribution in [3.05, 3.63) is 5.82 Å². The van der Waals surface area contributed by atoms with Crippen molar-refractivity contribution in [2.45, 2.75) is 51.5 Å². The average Bonchev–Trinajstić information content (AvgIpc) is 2.77. The molecule has 0 aromatic carbocycles. The fourth-order valence-electron chi connectivity index (χ4n) is 2.17. The topological polar surface area (TPSA) is 63.8 Å². The fourth-order valence-corrected chi connectivity index (χ4v) is 2.88. The second kappa shape index (κ2) is 5.78. The van der Waals surface area contributed by atoms with Crippen molar-refractivity contribution in [2.75, 3.05) is 11.9 Å². The molecule has 1 aromatic rings. The van der Waals surface area contributed by atoms with Crippen LogP contribution in [0.25, 0.3) is 0 Å². The molecule has 0 amide bonds. The number of nitrogens with zero attached hydrogens (tertiary/aromatic N) is 2. The van der Waals surface area contributed by atoms with E-state index >= 15 is 0 Å². The van der Waals surface area contributed by atoms with Crippen molar-refractivity contribution < 1.29 is 0 Å². The Balaban J connectivity index is 1.77. The molecule has 3 N–H and O–H groups in total. The number of rotatable bonds is 4. The van der Waals surface area contributed by atoms with Gasteiger partial charge in [0.2, 0.25) is 5.13 Å². The van der Waals surface area contributed by atoms with Crippen LogP contribution in [0, 0.1) is 5.92 Å². The average molecular weight is 254 g/mol. The van der Waals surface area contributed by atoms with E-state index in [9.17, 15) is 0 Å². The highest BCUT2D eigenvalue weighted by atomic mass is 32.1. The van der Waals surface area contributed by atoms with Crippen LogP contribution in [-0.2, 0) is 0 Å². The second-order valence-electron chi connectivity index (χ2n) is 5.27. The van der Waals surface area contributed by atoms with Crippen LogP contribution in [0.3, 0.4) is 0 Å². The minimum atomic E-state index is 0.412. The zero-order chi connectivity index (χ0) is 12.3. The molecule has 1 saturated carbocycles. The zero-order valence-corrected chi connectivity index (χ0v) is 11.5. The Morgan fingerprint density at radius 1 is 1.35 bits per heavy atom. The van der Waals surface area contributed by atoms with Crippen molar-refractivity contribution in [1.29, 1.82) is 0 Å². The maximum absolute atomic E-state index is 5.90. The lowest BCUT2D eigenvalue weighted by molar-refractivity contribution is 0.339. The Morgan fingerprint density at radius 2 is 2.06 bits per heavy atom. The minimum absolute atomic E-state index is 0.412. The monoisotopic (exact) mass is 254 g/mol. The smallest absolute Gasteiger partial charge is 0.202 e. The van der Waals surface area contributed by atoms with Gasteiger partial charge in [-0.25, -0.2) is 4.98 Å². The third-order valence-corrected chi connectivity index (χ3v) is 4.08. The van der Waals surface area contributed by atoms with E-state index < -0.39 is 0 Å². The number of hydrogen-bond donors (Lipinski definition) is 2. The van der Waals surface area contributed by atoms with Gasteiger partial charge < -0.3 is 11.1 Å². The summed E-state index contributed by atoms with van der Waals surface area (Å²) in [6.45, 7) is 5.25. The maximum atomic E-state index is 5.90. The summed E-state index contributed by atoms with van der Waals surface area (Å²) in [6, 6.07) is 0.431. The van der Waals surface area contributed by atoms with Crippen molar-refractivity contribution >= 4 is 16.7 Å². The first-order chi connectivity index (χ1) is 8.15. The predicted molar refractivity (Wildman–Crippen MR) is 72.4 cm³/mol. The van der Waals surface area contributed by atoms with Crippen molar-refractivity contribution in [1.82, 2.24) is 9.36 Å². The maximum Gasteiger partial charge on any atom is 0.202 e. The first-order valence-electron chi connectivity index (χ1n) is 6.48. The molecule has 0 unspecified atom stereocenters. The molecule has 0 spiro atoms. The zero-order valence-electron chi connectivity index (χ0n) is 10.6. The number of aromatic nitrogens is 2. The Kier molecular flexibility index (Phi) is 4.34. The summed E-state index contributed by atoms with van der Waals surface area (Å²) in [5.74, 6) is 2.11. The molecule has 2 rings (SSSR count). The highest BCUT2D eigenvalue weighted by Crippen LogP contribution is 2.24. The van der Waals surface area contributed by atoms with Crippen LogP contribution < -0.4 is 11.1 Å². The summed E-state index contributed by atoms with van der Waals surface area (Å²) >= 11 is 1.47. The van der Waals surface area contributed by atoms with Gasteiger partial charge in [-0.2, -0.15) is 4.37 Å². The van der Waals surface area contributed by atoms with E-state index in [1.807, 2.05) is 0 Å². The number of anilines is 1. The van der Waals surface area contributed by atoms with E-state index in [1.165, 1.54) is 37.2 Å². The lowest BCUT2D eigenvalue weighted by Crippen LogP contribution is -2.29. The Morgan fingerprint density at radius 3 is 2.65 bits per heavy atom. The molecule has 0 radical (unpaired) electrons. The first-order valence-corrected chi connectivity index (χ1v) is 7.25. The van der Waals surface area contributed by atoms with Crippen LogP contribution in [0.5, 0.6) is 0 Å². The van der Waals surface area contributed by atoms with E-state index in [0.29, 0.717) is 12.0 Å². The largest absolute Gasteiger partial charge is 0.360 e. The normalized spacial score (nSPS) is 25.2. The quantitative estimate of drug-likeness (QED) is 0.867. The first kappa shape index (κ1) is 12.8. The van der Waals surface area contributed by atoms with Crippen LogP contribution in [0.1, 0.15) is 51.3 Å². The van der Waals surface area contributed by atoms with E-state index in [4.69, 9.17) is 5.73 Å². The van der Waals surface area contributed by atoms with Gasteiger partial charge in [0.1, 0.15) is 5.82 Å². The molecule has 1 aliphatic carbocycles. The number of hydrogen-bond acceptors (Lipinski definition) is 5. The molecule has 1 aliphatic rings. The van der Waals surface area contributed by atoms with Crippen LogP contribution >= 0.6 is 11.5 Å². The van der Waals surface area contributed by atoms with Crippen LogP contribution in [-0.4, -0.2) is 21.9 Å². The van der Waals surface area contributed by atoms with Gasteiger partial charge >= 0.3 is 0 Å². The van der Waals surface area contributed by atoms with Crippen molar-refractivity contribution in [3.63, 3.8) is 0 Å². The SMILES string of the molecule is CC(C)c1nsc(NCC2CCC(N)CC2)n1. The number of nitrogens with one attached hydrogen (secondary N) is 1. The summed E-state index contributed by atoms with van der Waals surface area (Å²) in [5, 5.41) is 4.37. The van der Waals surface area contributed by atoms with Gasteiger partial charge in [0, 0.05) is 30.0 Å². The standard InChI is InChI=1S/C12H22N4S/c1-8(2)11-15-12(17-16-11)14-7-9-3-5-10(13)6-4-9/h8-10H,3-7,13H2,1-2H3,(H,14,15,16). The molecule has 0 aliphatic heterocycles. The molecule has 96 valence electrons. The van der Waals surface area contributed by atoms with E-state index in [2.05, 4.69) is 28.5 Å². The van der Waals surface area contributed by atoms with Crippen molar-refractivity contribution in [3.8, 4) is 0 Å². The lowest BCUT2D eigenvalue weighted by atomic mass is 9.86. The van der Waals surface area contributed by atoms with Crippen LogP contribution in [0.15, 0.2) is 0 Å². The summed E-state index contributed by atoms with van der Waals surface area (Å²) < 4.78 is 4.34. The molecule has 4 nitrogen and oxygen atoms in total. The fraction of sp³-hybridized carbons (Fsp3) is 0.833. The Hall–Kier alpha value is -0.680. The van der Waals surface area contributed by atoms with Crippen LogP contribution in [0.4, 0.5) is 5.13 Å². The summed E-state index contributed by atoms with van der Waals surface area (Å²) in [7, 11) is 0. The molecule has 1 fully saturated rings. The highest BCUT2D eigenvalue weighted by Gasteiger charge is 2.18. The Labute approximate surface area is 107 Å². The van der Waals surface area contributed by atoms with Gasteiger partial charge in [-0.15, -0.1) is 0 Å². The van der Waals surface area contributed by atoms with Gasteiger partial charge in [-0.05, 0) is 31.6 Å². The van der Waals surface area contributed by atoms with Gasteiger partial charge in [0.05, 0.1) is 0 Å². The van der Waals surface area contributed by atoms with Gasteiger partial charge in [0.15, 0.2) is 0 Å². The van der Waals surface area contributed by atoms with Gasteiger partial charge in [-0.3, -0.25) is 0 Å². The van der Waals surface area contributed by atoms with E-state index in [0.717, 1.165) is 23.4 Å². The minimum Gasteiger partial charge on any atom is -0.360 e. The second-order valence-corrected chi connectivity index (χ2v) is 6.03. The number of nitrogens with two attached hydrogens (primary N) is 1. The lowest BCUT2D eigenvalue weighted by Gasteiger charge is -2.25. The molecule has 1 aromatic heterocycles. The molecule has 1 heterocycles. The van der Waals surface area contributed by atoms with Crippen molar-refractivity contribution in [2.24, 2.45) is 11.7 Å². The molecule has 17 heavy (non-hydrogen) atoms. The van der Waals surface area contributed by atoms with E-state index in [-0.39, 0.29) is 0 Å². The van der Waals surface area contributed by atoms with Crippen LogP contribution in [0.2, 0.25) is 0 Å². The molecular formula is C12H22N4S. The van der Waals surface area contributed by atoms with Gasteiger partial charge in [-0.1, -0.05) is 13.8 Å². The Bertz CT molecular complexity index is 342. The molecular weight excluding hydrogens is 232 g/mol. The predicted octanol–water partition coefficient (Wildman–Crippen LogP) is 2.59. The molecule has 0 atom stereocenters. The molecule has 0 bridgehead atoms. The van der Waals surface area contributed by atoms with Gasteiger partial charge in [0.25, 0.3) is 0 Å². The highest BCUT2D eigenvalue weighted by molar-refractivity contribution is 7.09. The summed E-state index contributed by atoms with van der Waals surface area (Å²) in [5.41, 5.74) is 5.90. The molecule has 5 heteroatoms. The third kappa shape index (κ3) is 3.64. The third-order valence-electron chi connectivity index (χ3n) is 3.39. The molecule has 0 saturated heterocycles. The van der Waals surface area contributed by atoms with E-state index in [1.54, 1.807) is 0 Å². The summed E-state index contributed by atoms with van der Waals surface area (Å²) in [6.07, 6.45) is 4.81.